The fraction of sp³-hybridized carbons (Fsp3) is 1.00. The predicted octanol–water partition coefficient (Wildman–Crippen LogP) is 1.45. The minimum absolute atomic E-state index is 0.361. The van der Waals surface area contributed by atoms with Gasteiger partial charge in [-0.2, -0.15) is 0 Å². The van der Waals surface area contributed by atoms with Crippen LogP contribution in [0, 0.1) is 0 Å². The van der Waals surface area contributed by atoms with Gasteiger partial charge in [0.15, 0.2) is 9.76 Å². The van der Waals surface area contributed by atoms with Gasteiger partial charge >= 0.3 is 0 Å². The van der Waals surface area contributed by atoms with Crippen molar-refractivity contribution in [2.24, 2.45) is 0 Å². The molecule has 0 heterocycles. The van der Waals surface area contributed by atoms with E-state index in [0.29, 0.717) is 5.04 Å². The van der Waals surface area contributed by atoms with Gasteiger partial charge in [0, 0.05) is 0 Å². The van der Waals surface area contributed by atoms with Gasteiger partial charge < -0.3 is 4.80 Å². The molecule has 1 N–H and O–H groups in total. The number of hydrogen-bond donors (Lipinski definition) is 1. The zero-order chi connectivity index (χ0) is 7.33. The Bertz CT molecular complexity index is 51.8. The highest BCUT2D eigenvalue weighted by atomic mass is 28.2. The monoisotopic (exact) mass is 146 g/mol. The first-order chi connectivity index (χ1) is 4.24. The van der Waals surface area contributed by atoms with Gasteiger partial charge in [0.2, 0.25) is 0 Å². The average Bonchev–Trinajstić information content (AvgIpc) is 1.95. The summed E-state index contributed by atoms with van der Waals surface area (Å²) in [6.07, 6.45) is 3.47. The van der Waals surface area contributed by atoms with Crippen LogP contribution in [0.3, 0.4) is 0 Å². The topological polar surface area (TPSA) is 20.2 Å². The first kappa shape index (κ1) is 9.18. The molecular formula is C7H18OSi. The Hall–Kier alpha value is 0.177. The largest absolute Gasteiger partial charge is 0.438 e. The molecule has 0 aliphatic rings. The third-order valence-corrected chi connectivity index (χ3v) is 4.76. The Labute approximate surface area is 60.4 Å². The minimum atomic E-state index is -0.779. The molecule has 9 heavy (non-hydrogen) atoms. The summed E-state index contributed by atoms with van der Waals surface area (Å²) in [6.45, 7) is 6.53. The van der Waals surface area contributed by atoms with Crippen molar-refractivity contribution in [3.8, 4) is 0 Å². The molecule has 0 radical (unpaired) electrons. The molecule has 0 unspecified atom stereocenters. The summed E-state index contributed by atoms with van der Waals surface area (Å²) in [5.41, 5.74) is 0. The van der Waals surface area contributed by atoms with Crippen LogP contribution in [-0.4, -0.2) is 14.6 Å². The highest BCUT2D eigenvalue weighted by Crippen LogP contribution is 2.35. The second kappa shape index (κ2) is 4.07. The van der Waals surface area contributed by atoms with Crippen molar-refractivity contribution < 1.29 is 4.80 Å². The summed E-state index contributed by atoms with van der Waals surface area (Å²) in [5.74, 6) is 0. The van der Waals surface area contributed by atoms with E-state index < -0.39 is 9.76 Å². The van der Waals surface area contributed by atoms with E-state index in [0.717, 1.165) is 19.3 Å². The second-order valence-electron chi connectivity index (χ2n) is 2.72. The molecule has 56 valence electrons. The Morgan fingerprint density at radius 1 is 1.11 bits per heavy atom. The molecule has 0 saturated carbocycles. The summed E-state index contributed by atoms with van der Waals surface area (Å²) in [7, 11) is -0.779. The van der Waals surface area contributed by atoms with Crippen molar-refractivity contribution in [1.82, 2.24) is 0 Å². The van der Waals surface area contributed by atoms with E-state index >= 15 is 0 Å². The molecule has 0 rings (SSSR count). The average molecular weight is 146 g/mol. The van der Waals surface area contributed by atoms with Crippen LogP contribution in [0.4, 0.5) is 0 Å². The Morgan fingerprint density at radius 2 is 1.44 bits per heavy atom. The van der Waals surface area contributed by atoms with Crippen LogP contribution in [0.5, 0.6) is 0 Å². The molecule has 0 aliphatic heterocycles. The zero-order valence-corrected chi connectivity index (χ0v) is 8.19. The van der Waals surface area contributed by atoms with Crippen molar-refractivity contribution in [3.05, 3.63) is 0 Å². The van der Waals surface area contributed by atoms with E-state index in [1.807, 2.05) is 0 Å². The van der Waals surface area contributed by atoms with Crippen LogP contribution in [0.25, 0.3) is 0 Å². The van der Waals surface area contributed by atoms with Crippen LogP contribution >= 0.6 is 0 Å². The summed E-state index contributed by atoms with van der Waals surface area (Å²) >= 11 is 0. The van der Waals surface area contributed by atoms with Crippen molar-refractivity contribution in [1.29, 1.82) is 0 Å². The van der Waals surface area contributed by atoms with E-state index in [9.17, 15) is 0 Å². The van der Waals surface area contributed by atoms with Crippen molar-refractivity contribution in [3.63, 3.8) is 0 Å². The normalized spacial score (nSPS) is 13.3. The van der Waals surface area contributed by atoms with E-state index in [2.05, 4.69) is 20.8 Å². The summed E-state index contributed by atoms with van der Waals surface area (Å²) in [4.78, 5) is 9.12. The van der Waals surface area contributed by atoms with Crippen molar-refractivity contribution >= 4 is 9.76 Å². The number of rotatable bonds is 4. The molecule has 0 saturated heterocycles. The highest BCUT2D eigenvalue weighted by Gasteiger charge is 2.22. The van der Waals surface area contributed by atoms with Gasteiger partial charge in [0.05, 0.1) is 0 Å². The molecule has 0 atom stereocenters. The van der Waals surface area contributed by atoms with Crippen LogP contribution in [0.2, 0.25) is 5.04 Å². The molecule has 0 aromatic heterocycles. The summed E-state index contributed by atoms with van der Waals surface area (Å²) in [6, 6.07) is 0. The molecule has 1 nitrogen and oxygen atoms in total. The molecule has 0 aliphatic carbocycles. The first-order valence-corrected chi connectivity index (χ1v) is 5.19. The van der Waals surface area contributed by atoms with E-state index in [-0.39, 0.29) is 0 Å². The zero-order valence-electron chi connectivity index (χ0n) is 6.78. The first-order valence-electron chi connectivity index (χ1n) is 3.85. The molecule has 0 spiro atoms. The lowest BCUT2D eigenvalue weighted by Gasteiger charge is -2.26. The molecule has 0 amide bonds. The Balaban J connectivity index is 3.82. The maximum absolute atomic E-state index is 9.12. The van der Waals surface area contributed by atoms with Gasteiger partial charge in [-0.05, 0) is 5.04 Å². The van der Waals surface area contributed by atoms with Gasteiger partial charge in [-0.15, -0.1) is 0 Å². The lowest BCUT2D eigenvalue weighted by atomic mass is 9.99. The maximum Gasteiger partial charge on any atom is 0.162 e. The standard InChI is InChI=1S/C7H18OSi/c1-4-7(5-2,6-3)9-8/h8H,4-6,9H2,1-3H3. The minimum Gasteiger partial charge on any atom is -0.438 e. The predicted molar refractivity (Wildman–Crippen MR) is 44.3 cm³/mol. The molecular weight excluding hydrogens is 128 g/mol. The maximum atomic E-state index is 9.12. The van der Waals surface area contributed by atoms with Gasteiger partial charge in [0.25, 0.3) is 0 Å². The van der Waals surface area contributed by atoms with Crippen LogP contribution in [-0.2, 0) is 0 Å². The molecule has 0 aromatic carbocycles. The molecule has 2 heteroatoms. The highest BCUT2D eigenvalue weighted by molar-refractivity contribution is 6.30. The SMILES string of the molecule is CCC(CC)(CC)[SiH2]O. The Morgan fingerprint density at radius 3 is 1.44 bits per heavy atom. The summed E-state index contributed by atoms with van der Waals surface area (Å²) in [5, 5.41) is 0.361. The van der Waals surface area contributed by atoms with Crippen LogP contribution < -0.4 is 0 Å². The van der Waals surface area contributed by atoms with Crippen LogP contribution in [0.15, 0.2) is 0 Å². The summed E-state index contributed by atoms with van der Waals surface area (Å²) < 4.78 is 0. The van der Waals surface area contributed by atoms with E-state index in [1.54, 1.807) is 0 Å². The van der Waals surface area contributed by atoms with E-state index in [4.69, 9.17) is 4.80 Å². The third kappa shape index (κ3) is 2.10. The van der Waals surface area contributed by atoms with Gasteiger partial charge in [-0.1, -0.05) is 40.0 Å². The van der Waals surface area contributed by atoms with E-state index in [1.165, 1.54) is 0 Å². The van der Waals surface area contributed by atoms with Crippen molar-refractivity contribution in [2.75, 3.05) is 0 Å². The second-order valence-corrected chi connectivity index (χ2v) is 4.54. The smallest absolute Gasteiger partial charge is 0.162 e. The van der Waals surface area contributed by atoms with Gasteiger partial charge in [-0.3, -0.25) is 0 Å². The lowest BCUT2D eigenvalue weighted by molar-refractivity contribution is 0.436. The lowest BCUT2D eigenvalue weighted by Crippen LogP contribution is -2.17. The quantitative estimate of drug-likeness (QED) is 0.595. The molecule has 0 fully saturated rings. The van der Waals surface area contributed by atoms with Gasteiger partial charge in [-0.25, -0.2) is 0 Å². The molecule has 0 bridgehead atoms. The Kier molecular flexibility index (Phi) is 4.15. The third-order valence-electron chi connectivity index (χ3n) is 2.59. The molecule has 0 aromatic rings. The number of hydrogen-bond acceptors (Lipinski definition) is 1. The fourth-order valence-corrected chi connectivity index (χ4v) is 1.76. The van der Waals surface area contributed by atoms with Crippen molar-refractivity contribution in [2.45, 2.75) is 45.1 Å². The van der Waals surface area contributed by atoms with Crippen LogP contribution in [0.1, 0.15) is 40.0 Å². The fourth-order valence-electron chi connectivity index (χ4n) is 1.09. The van der Waals surface area contributed by atoms with Gasteiger partial charge in [0.1, 0.15) is 0 Å².